The summed E-state index contributed by atoms with van der Waals surface area (Å²) in [7, 11) is 1.53. The third-order valence-electron chi connectivity index (χ3n) is 4.44. The van der Waals surface area contributed by atoms with Crippen LogP contribution in [-0.4, -0.2) is 36.9 Å². The Morgan fingerprint density at radius 2 is 1.91 bits per heavy atom. The predicted octanol–water partition coefficient (Wildman–Crippen LogP) is 2.21. The molecule has 3 N–H and O–H groups in total. The highest BCUT2D eigenvalue weighted by atomic mass is 16.7. The van der Waals surface area contributed by atoms with Gasteiger partial charge in [0, 0.05) is 6.54 Å². The summed E-state index contributed by atoms with van der Waals surface area (Å²) < 4.78 is 12.2. The lowest BCUT2D eigenvalue weighted by Crippen LogP contribution is -2.41. The number of hydrogen-bond acceptors (Lipinski definition) is 5. The maximum Gasteiger partial charge on any atom is 0.491 e. The molecule has 0 aliphatic carbocycles. The summed E-state index contributed by atoms with van der Waals surface area (Å²) in [4.78, 5) is 4.36. The van der Waals surface area contributed by atoms with E-state index in [1.165, 1.54) is 0 Å². The van der Waals surface area contributed by atoms with Crippen molar-refractivity contribution < 1.29 is 9.31 Å². The van der Waals surface area contributed by atoms with E-state index in [9.17, 15) is 0 Å². The Balaban J connectivity index is 2.31. The molecule has 1 fully saturated rings. The van der Waals surface area contributed by atoms with Gasteiger partial charge in [0.05, 0.1) is 28.8 Å². The molecule has 0 unspecified atom stereocenters. The molecule has 0 atom stereocenters. The van der Waals surface area contributed by atoms with Gasteiger partial charge in [-0.2, -0.15) is 0 Å². The van der Waals surface area contributed by atoms with Crippen molar-refractivity contribution in [2.45, 2.75) is 45.8 Å². The fraction of sp³-hybridized carbons (Fsp3) is 0.562. The molecule has 1 aromatic rings. The second kappa shape index (κ2) is 6.03. The first-order chi connectivity index (χ1) is 10.2. The second-order valence-corrected chi connectivity index (χ2v) is 6.80. The quantitative estimate of drug-likeness (QED) is 0.835. The third kappa shape index (κ3) is 3.34. The van der Waals surface area contributed by atoms with E-state index in [2.05, 4.69) is 38.0 Å². The van der Waals surface area contributed by atoms with Crippen molar-refractivity contribution in [3.05, 3.63) is 29.0 Å². The van der Waals surface area contributed by atoms with Crippen molar-refractivity contribution in [3.8, 4) is 0 Å². The van der Waals surface area contributed by atoms with Crippen molar-refractivity contribution in [2.24, 2.45) is 0 Å². The number of pyridine rings is 1. The average molecular weight is 303 g/mol. The zero-order valence-electron chi connectivity index (χ0n) is 14.4. The third-order valence-corrected chi connectivity index (χ3v) is 4.44. The molecule has 1 aliphatic heterocycles. The highest BCUT2D eigenvalue weighted by molar-refractivity contribution is 6.55. The minimum absolute atomic E-state index is 0.352. The van der Waals surface area contributed by atoms with Gasteiger partial charge in [0.1, 0.15) is 0 Å². The fourth-order valence-corrected chi connectivity index (χ4v) is 2.26. The van der Waals surface area contributed by atoms with E-state index in [0.29, 0.717) is 12.2 Å². The lowest BCUT2D eigenvalue weighted by atomic mass is 9.77. The van der Waals surface area contributed by atoms with Crippen LogP contribution in [0, 0.1) is 6.92 Å². The fourth-order valence-electron chi connectivity index (χ4n) is 2.26. The number of likely N-dealkylation sites (N-methyl/N-ethyl adjacent to an activating group) is 1. The van der Waals surface area contributed by atoms with Gasteiger partial charge in [0.2, 0.25) is 0 Å². The Labute approximate surface area is 133 Å². The molecule has 5 nitrogen and oxygen atoms in total. The van der Waals surface area contributed by atoms with Gasteiger partial charge in [-0.05, 0) is 64.8 Å². The van der Waals surface area contributed by atoms with Crippen molar-refractivity contribution in [1.82, 2.24) is 10.3 Å². The SMILES string of the molecule is CNCC(=Cc1cc(C)c(N)cn1)B1OC(C)(C)C(C)(C)O1. The second-order valence-electron chi connectivity index (χ2n) is 6.80. The molecule has 0 spiro atoms. The minimum Gasteiger partial charge on any atom is -0.400 e. The largest absolute Gasteiger partial charge is 0.491 e. The number of anilines is 1. The summed E-state index contributed by atoms with van der Waals surface area (Å²) in [6.45, 7) is 10.8. The first kappa shape index (κ1) is 17.0. The standard InChI is InChI=1S/C16H26BN3O2/c1-11-7-13(20-10-14(11)18)8-12(9-19-6)17-21-15(2,3)16(4,5)22-17/h7-8,10,19H,9,18H2,1-6H3. The maximum absolute atomic E-state index is 6.12. The van der Waals surface area contributed by atoms with E-state index in [1.807, 2.05) is 26.1 Å². The van der Waals surface area contributed by atoms with Gasteiger partial charge < -0.3 is 20.4 Å². The molecule has 2 heterocycles. The molecule has 1 aliphatic rings. The molecule has 1 aromatic heterocycles. The van der Waals surface area contributed by atoms with E-state index < -0.39 is 0 Å². The monoisotopic (exact) mass is 303 g/mol. The van der Waals surface area contributed by atoms with Crippen LogP contribution in [0.15, 0.2) is 17.7 Å². The van der Waals surface area contributed by atoms with Crippen LogP contribution >= 0.6 is 0 Å². The van der Waals surface area contributed by atoms with E-state index >= 15 is 0 Å². The molecule has 0 aromatic carbocycles. The molecule has 6 heteroatoms. The van der Waals surface area contributed by atoms with E-state index in [-0.39, 0.29) is 18.3 Å². The smallest absolute Gasteiger partial charge is 0.400 e. The van der Waals surface area contributed by atoms with E-state index in [4.69, 9.17) is 15.0 Å². The number of aryl methyl sites for hydroxylation is 1. The summed E-state index contributed by atoms with van der Waals surface area (Å²) in [6, 6.07) is 1.97. The molecular weight excluding hydrogens is 277 g/mol. The predicted molar refractivity (Wildman–Crippen MR) is 91.4 cm³/mol. The highest BCUT2D eigenvalue weighted by Crippen LogP contribution is 2.38. The van der Waals surface area contributed by atoms with Crippen LogP contribution in [0.4, 0.5) is 5.69 Å². The Kier molecular flexibility index (Phi) is 4.66. The van der Waals surface area contributed by atoms with Crippen molar-refractivity contribution in [3.63, 3.8) is 0 Å². The van der Waals surface area contributed by atoms with E-state index in [0.717, 1.165) is 16.7 Å². The molecule has 1 saturated heterocycles. The van der Waals surface area contributed by atoms with Crippen LogP contribution in [0.2, 0.25) is 0 Å². The van der Waals surface area contributed by atoms with Crippen LogP contribution in [0.3, 0.4) is 0 Å². The van der Waals surface area contributed by atoms with Gasteiger partial charge in [-0.3, -0.25) is 4.98 Å². The Hall–Kier alpha value is -1.37. The van der Waals surface area contributed by atoms with Gasteiger partial charge in [-0.1, -0.05) is 0 Å². The molecule has 2 rings (SSSR count). The molecule has 0 bridgehead atoms. The number of rotatable bonds is 4. The topological polar surface area (TPSA) is 69.4 Å². The lowest BCUT2D eigenvalue weighted by molar-refractivity contribution is 0.00578. The van der Waals surface area contributed by atoms with Gasteiger partial charge in [0.25, 0.3) is 0 Å². The van der Waals surface area contributed by atoms with Crippen LogP contribution in [0.1, 0.15) is 39.0 Å². The minimum atomic E-state index is -0.378. The number of hydrogen-bond donors (Lipinski definition) is 2. The number of nitrogens with one attached hydrogen (secondary N) is 1. The molecule has 0 amide bonds. The van der Waals surface area contributed by atoms with Gasteiger partial charge in [0.15, 0.2) is 0 Å². The molecule has 0 radical (unpaired) electrons. The zero-order valence-corrected chi connectivity index (χ0v) is 14.4. The van der Waals surface area contributed by atoms with Crippen LogP contribution in [0.5, 0.6) is 0 Å². The molecular formula is C16H26BN3O2. The average Bonchev–Trinajstić information content (AvgIpc) is 2.62. The summed E-state index contributed by atoms with van der Waals surface area (Å²) in [5.74, 6) is 0. The molecule has 120 valence electrons. The van der Waals surface area contributed by atoms with Gasteiger partial charge in [-0.15, -0.1) is 0 Å². The first-order valence-electron chi connectivity index (χ1n) is 7.59. The zero-order chi connectivity index (χ0) is 16.5. The maximum atomic E-state index is 6.12. The first-order valence-corrected chi connectivity index (χ1v) is 7.59. The number of nitrogens with two attached hydrogens (primary N) is 1. The van der Waals surface area contributed by atoms with Crippen molar-refractivity contribution >= 4 is 18.9 Å². The van der Waals surface area contributed by atoms with Gasteiger partial charge in [-0.25, -0.2) is 0 Å². The normalized spacial score (nSPS) is 20.5. The van der Waals surface area contributed by atoms with Crippen LogP contribution in [-0.2, 0) is 9.31 Å². The number of nitrogens with zero attached hydrogens (tertiary/aromatic N) is 1. The molecule has 0 saturated carbocycles. The number of aromatic nitrogens is 1. The summed E-state index contributed by atoms with van der Waals surface area (Å²) in [5, 5.41) is 3.16. The van der Waals surface area contributed by atoms with Crippen molar-refractivity contribution in [2.75, 3.05) is 19.3 Å². The van der Waals surface area contributed by atoms with Crippen LogP contribution in [0.25, 0.3) is 6.08 Å². The van der Waals surface area contributed by atoms with Crippen molar-refractivity contribution in [1.29, 1.82) is 0 Å². The Morgan fingerprint density at radius 3 is 2.41 bits per heavy atom. The summed E-state index contributed by atoms with van der Waals surface area (Å²) in [5.41, 5.74) is 8.70. The molecule has 22 heavy (non-hydrogen) atoms. The summed E-state index contributed by atoms with van der Waals surface area (Å²) >= 11 is 0. The Morgan fingerprint density at radius 1 is 1.32 bits per heavy atom. The number of nitrogen functional groups attached to an aromatic ring is 1. The summed E-state index contributed by atoms with van der Waals surface area (Å²) in [6.07, 6.45) is 3.69. The lowest BCUT2D eigenvalue weighted by Gasteiger charge is -2.32. The highest BCUT2D eigenvalue weighted by Gasteiger charge is 2.52. The van der Waals surface area contributed by atoms with E-state index in [1.54, 1.807) is 6.20 Å². The van der Waals surface area contributed by atoms with Gasteiger partial charge >= 0.3 is 7.12 Å². The van der Waals surface area contributed by atoms with Crippen LogP contribution < -0.4 is 11.1 Å². The Bertz CT molecular complexity index is 569.